The van der Waals surface area contributed by atoms with Crippen molar-refractivity contribution in [2.75, 3.05) is 13.7 Å². The molecule has 0 spiro atoms. The summed E-state index contributed by atoms with van der Waals surface area (Å²) in [6.07, 6.45) is 7.92. The van der Waals surface area contributed by atoms with Crippen molar-refractivity contribution >= 4 is 0 Å². The highest BCUT2D eigenvalue weighted by Gasteiger charge is 2.18. The normalized spacial score (nSPS) is 22.4. The predicted octanol–water partition coefficient (Wildman–Crippen LogP) is 2.52. The largest absolute Gasteiger partial charge is 0.388 e. The summed E-state index contributed by atoms with van der Waals surface area (Å²) in [5, 5.41) is 10.1. The lowest BCUT2D eigenvalue weighted by molar-refractivity contribution is 0.0757. The van der Waals surface area contributed by atoms with Crippen molar-refractivity contribution < 1.29 is 9.84 Å². The molecule has 0 saturated carbocycles. The van der Waals surface area contributed by atoms with Crippen molar-refractivity contribution in [3.63, 3.8) is 0 Å². The molecule has 0 fully saturated rings. The van der Waals surface area contributed by atoms with Crippen LogP contribution in [0.25, 0.3) is 0 Å². The van der Waals surface area contributed by atoms with E-state index in [1.807, 2.05) is 6.92 Å². The highest BCUT2D eigenvalue weighted by molar-refractivity contribution is 5.10. The van der Waals surface area contributed by atoms with Crippen molar-refractivity contribution in [2.45, 2.75) is 45.1 Å². The fourth-order valence-electron chi connectivity index (χ4n) is 2.03. The fourth-order valence-corrected chi connectivity index (χ4v) is 2.03. The zero-order valence-corrected chi connectivity index (χ0v) is 9.33. The van der Waals surface area contributed by atoms with Gasteiger partial charge in [0.2, 0.25) is 0 Å². The van der Waals surface area contributed by atoms with Gasteiger partial charge in [-0.05, 0) is 31.3 Å². The molecule has 0 aliphatic heterocycles. The lowest BCUT2D eigenvalue weighted by Crippen LogP contribution is -2.23. The third kappa shape index (κ3) is 3.43. The molecule has 0 aromatic rings. The van der Waals surface area contributed by atoms with Crippen LogP contribution in [0.3, 0.4) is 0 Å². The molecule has 1 N–H and O–H groups in total. The minimum absolute atomic E-state index is 0.212. The molecule has 0 aromatic heterocycles. The molecule has 2 unspecified atom stereocenters. The van der Waals surface area contributed by atoms with E-state index < -0.39 is 0 Å². The summed E-state index contributed by atoms with van der Waals surface area (Å²) >= 11 is 0. The van der Waals surface area contributed by atoms with E-state index >= 15 is 0 Å². The molecular weight excluding hydrogens is 176 g/mol. The van der Waals surface area contributed by atoms with Crippen LogP contribution in [0.1, 0.15) is 39.0 Å². The van der Waals surface area contributed by atoms with Crippen LogP contribution in [0.15, 0.2) is 11.6 Å². The maximum absolute atomic E-state index is 10.1. The van der Waals surface area contributed by atoms with E-state index in [2.05, 4.69) is 6.08 Å². The number of hydrogen-bond donors (Lipinski definition) is 1. The maximum atomic E-state index is 10.1. The number of hydrogen-bond acceptors (Lipinski definition) is 2. The van der Waals surface area contributed by atoms with Crippen LogP contribution < -0.4 is 0 Å². The Morgan fingerprint density at radius 2 is 2.21 bits per heavy atom. The quantitative estimate of drug-likeness (QED) is 0.703. The van der Waals surface area contributed by atoms with Gasteiger partial charge in [-0.15, -0.1) is 0 Å². The van der Waals surface area contributed by atoms with Crippen molar-refractivity contribution in [3.05, 3.63) is 11.6 Å². The zero-order chi connectivity index (χ0) is 10.4. The number of methoxy groups -OCH3 is 1. The van der Waals surface area contributed by atoms with E-state index in [0.717, 1.165) is 12.8 Å². The average molecular weight is 198 g/mol. The fraction of sp³-hybridized carbons (Fsp3) is 0.833. The second kappa shape index (κ2) is 6.20. The van der Waals surface area contributed by atoms with E-state index in [1.54, 1.807) is 7.11 Å². The van der Waals surface area contributed by atoms with E-state index in [0.29, 0.717) is 6.61 Å². The third-order valence-corrected chi connectivity index (χ3v) is 2.92. The summed E-state index contributed by atoms with van der Waals surface area (Å²) in [5.74, 6) is 0.212. The van der Waals surface area contributed by atoms with E-state index in [1.165, 1.54) is 24.8 Å². The Balaban J connectivity index is 2.48. The van der Waals surface area contributed by atoms with Gasteiger partial charge in [0.05, 0.1) is 12.7 Å². The number of aliphatic hydroxyl groups is 1. The molecule has 0 saturated heterocycles. The maximum Gasteiger partial charge on any atom is 0.0797 e. The first kappa shape index (κ1) is 11.7. The molecule has 82 valence electrons. The van der Waals surface area contributed by atoms with Crippen LogP contribution in [0, 0.1) is 5.92 Å². The van der Waals surface area contributed by atoms with E-state index in [9.17, 15) is 5.11 Å². The predicted molar refractivity (Wildman–Crippen MR) is 58.2 cm³/mol. The van der Waals surface area contributed by atoms with Crippen molar-refractivity contribution in [2.24, 2.45) is 5.92 Å². The average Bonchev–Trinajstić information content (AvgIpc) is 2.45. The highest BCUT2D eigenvalue weighted by atomic mass is 16.5. The summed E-state index contributed by atoms with van der Waals surface area (Å²) in [4.78, 5) is 0. The SMILES string of the molecule is COCC(C)C(O)C1=CCCCCC1. The molecule has 1 aliphatic carbocycles. The highest BCUT2D eigenvalue weighted by Crippen LogP contribution is 2.23. The van der Waals surface area contributed by atoms with Gasteiger partial charge < -0.3 is 9.84 Å². The van der Waals surface area contributed by atoms with Crippen molar-refractivity contribution in [1.29, 1.82) is 0 Å². The standard InChI is InChI=1S/C12H22O2/c1-10(9-14-2)12(13)11-7-5-3-4-6-8-11/h7,10,12-13H,3-6,8-9H2,1-2H3. The van der Waals surface area contributed by atoms with Gasteiger partial charge in [-0.2, -0.15) is 0 Å². The summed E-state index contributed by atoms with van der Waals surface area (Å²) in [6, 6.07) is 0. The zero-order valence-electron chi connectivity index (χ0n) is 9.33. The first-order valence-electron chi connectivity index (χ1n) is 5.61. The van der Waals surface area contributed by atoms with Crippen molar-refractivity contribution in [1.82, 2.24) is 0 Å². The molecule has 0 radical (unpaired) electrons. The number of allylic oxidation sites excluding steroid dienone is 1. The minimum atomic E-state index is -0.298. The van der Waals surface area contributed by atoms with Gasteiger partial charge in [0.25, 0.3) is 0 Å². The molecule has 14 heavy (non-hydrogen) atoms. The summed E-state index contributed by atoms with van der Waals surface area (Å²) in [6.45, 7) is 2.68. The van der Waals surface area contributed by atoms with Crippen LogP contribution in [-0.4, -0.2) is 24.9 Å². The van der Waals surface area contributed by atoms with E-state index in [-0.39, 0.29) is 12.0 Å². The Bertz CT molecular complexity index is 187. The Morgan fingerprint density at radius 1 is 1.43 bits per heavy atom. The Morgan fingerprint density at radius 3 is 2.93 bits per heavy atom. The molecule has 1 rings (SSSR count). The molecule has 2 heteroatoms. The van der Waals surface area contributed by atoms with E-state index in [4.69, 9.17) is 4.74 Å². The van der Waals surface area contributed by atoms with Gasteiger partial charge in [0.15, 0.2) is 0 Å². The van der Waals surface area contributed by atoms with Gasteiger partial charge in [0, 0.05) is 13.0 Å². The number of rotatable bonds is 4. The van der Waals surface area contributed by atoms with Gasteiger partial charge in [-0.25, -0.2) is 0 Å². The van der Waals surface area contributed by atoms with Gasteiger partial charge in [-0.1, -0.05) is 19.4 Å². The smallest absolute Gasteiger partial charge is 0.0797 e. The van der Waals surface area contributed by atoms with Crippen LogP contribution in [0.4, 0.5) is 0 Å². The van der Waals surface area contributed by atoms with Crippen LogP contribution >= 0.6 is 0 Å². The summed E-state index contributed by atoms with van der Waals surface area (Å²) < 4.78 is 5.06. The van der Waals surface area contributed by atoms with Crippen LogP contribution in [-0.2, 0) is 4.74 Å². The van der Waals surface area contributed by atoms with Crippen molar-refractivity contribution in [3.8, 4) is 0 Å². The van der Waals surface area contributed by atoms with Crippen LogP contribution in [0.5, 0.6) is 0 Å². The first-order valence-corrected chi connectivity index (χ1v) is 5.61. The molecule has 0 amide bonds. The topological polar surface area (TPSA) is 29.5 Å². The minimum Gasteiger partial charge on any atom is -0.388 e. The second-order valence-corrected chi connectivity index (χ2v) is 4.26. The van der Waals surface area contributed by atoms with Gasteiger partial charge in [0.1, 0.15) is 0 Å². The summed E-state index contributed by atoms with van der Waals surface area (Å²) in [5.41, 5.74) is 1.23. The Labute approximate surface area is 87.0 Å². The molecule has 2 nitrogen and oxygen atoms in total. The first-order chi connectivity index (χ1) is 6.75. The summed E-state index contributed by atoms with van der Waals surface area (Å²) in [7, 11) is 1.69. The Hall–Kier alpha value is -0.340. The monoisotopic (exact) mass is 198 g/mol. The lowest BCUT2D eigenvalue weighted by Gasteiger charge is -2.20. The lowest BCUT2D eigenvalue weighted by atomic mass is 9.95. The van der Waals surface area contributed by atoms with Gasteiger partial charge in [-0.3, -0.25) is 0 Å². The molecule has 1 aliphatic rings. The van der Waals surface area contributed by atoms with Gasteiger partial charge >= 0.3 is 0 Å². The number of aliphatic hydroxyl groups excluding tert-OH is 1. The van der Waals surface area contributed by atoms with Crippen LogP contribution in [0.2, 0.25) is 0 Å². The third-order valence-electron chi connectivity index (χ3n) is 2.92. The molecule has 0 aromatic carbocycles. The molecule has 0 bridgehead atoms. The molecule has 2 atom stereocenters. The molecule has 0 heterocycles. The molecular formula is C12H22O2. The number of ether oxygens (including phenoxy) is 1. The Kier molecular flexibility index (Phi) is 5.20. The second-order valence-electron chi connectivity index (χ2n) is 4.26.